The topological polar surface area (TPSA) is 37.4 Å². The molecule has 0 bridgehead atoms. The monoisotopic (exact) mass is 251 g/mol. The molecule has 1 aliphatic rings. The summed E-state index contributed by atoms with van der Waals surface area (Å²) in [5, 5.41) is 0. The summed E-state index contributed by atoms with van der Waals surface area (Å²) in [6, 6.07) is 7.02. The van der Waals surface area contributed by atoms with E-state index in [9.17, 15) is 8.42 Å². The van der Waals surface area contributed by atoms with Crippen LogP contribution in [-0.4, -0.2) is 18.8 Å². The van der Waals surface area contributed by atoms with Crippen LogP contribution in [-0.2, 0) is 10.0 Å². The molecule has 0 fully saturated rings. The summed E-state index contributed by atoms with van der Waals surface area (Å²) in [6.45, 7) is 3.88. The van der Waals surface area contributed by atoms with Gasteiger partial charge in [-0.05, 0) is 38.8 Å². The Morgan fingerprint density at radius 1 is 1.24 bits per heavy atom. The molecule has 4 heteroatoms. The fourth-order valence-electron chi connectivity index (χ4n) is 1.94. The number of hydrogen-bond donors (Lipinski definition) is 0. The van der Waals surface area contributed by atoms with Gasteiger partial charge in [0.25, 0.3) is 10.0 Å². The predicted molar refractivity (Wildman–Crippen MR) is 68.0 cm³/mol. The Kier molecular flexibility index (Phi) is 3.24. The molecule has 0 saturated heterocycles. The van der Waals surface area contributed by atoms with Crippen LogP contribution in [0.2, 0.25) is 0 Å². The predicted octanol–water partition coefficient (Wildman–Crippen LogP) is 2.68. The van der Waals surface area contributed by atoms with Gasteiger partial charge < -0.3 is 0 Å². The van der Waals surface area contributed by atoms with E-state index in [1.165, 1.54) is 4.31 Å². The zero-order valence-electron chi connectivity index (χ0n) is 10.1. The normalized spacial score (nSPS) is 20.6. The molecule has 1 aliphatic heterocycles. The lowest BCUT2D eigenvalue weighted by Crippen LogP contribution is -2.35. The molecule has 0 aliphatic carbocycles. The van der Waals surface area contributed by atoms with E-state index in [2.05, 4.69) is 0 Å². The van der Waals surface area contributed by atoms with Crippen molar-refractivity contribution in [1.29, 1.82) is 0 Å². The Morgan fingerprint density at radius 2 is 1.88 bits per heavy atom. The fourth-order valence-corrected chi connectivity index (χ4v) is 3.49. The molecule has 17 heavy (non-hydrogen) atoms. The van der Waals surface area contributed by atoms with Gasteiger partial charge in [-0.2, -0.15) is 0 Å². The van der Waals surface area contributed by atoms with E-state index in [-0.39, 0.29) is 6.04 Å². The van der Waals surface area contributed by atoms with E-state index in [1.807, 2.05) is 32.1 Å². The third-order valence-electron chi connectivity index (χ3n) is 3.03. The lowest BCUT2D eigenvalue weighted by Gasteiger charge is -2.29. The molecule has 0 spiro atoms. The number of nitrogens with zero attached hydrogens (tertiary/aromatic N) is 1. The molecule has 0 saturated carbocycles. The van der Waals surface area contributed by atoms with Gasteiger partial charge in [-0.3, -0.25) is 4.31 Å². The van der Waals surface area contributed by atoms with E-state index in [4.69, 9.17) is 0 Å². The van der Waals surface area contributed by atoms with E-state index in [1.54, 1.807) is 18.3 Å². The van der Waals surface area contributed by atoms with Crippen molar-refractivity contribution in [3.63, 3.8) is 0 Å². The SMILES string of the molecule is Cc1ccc(S(=O)(=O)N2C=CCC[C@@H]2C)cc1. The molecule has 2 rings (SSSR count). The van der Waals surface area contributed by atoms with Crippen molar-refractivity contribution in [2.24, 2.45) is 0 Å². The van der Waals surface area contributed by atoms with Crippen molar-refractivity contribution in [3.8, 4) is 0 Å². The molecular weight excluding hydrogens is 234 g/mol. The van der Waals surface area contributed by atoms with Gasteiger partial charge in [0.15, 0.2) is 0 Å². The largest absolute Gasteiger partial charge is 0.271 e. The van der Waals surface area contributed by atoms with Gasteiger partial charge in [0, 0.05) is 12.2 Å². The van der Waals surface area contributed by atoms with Gasteiger partial charge >= 0.3 is 0 Å². The number of rotatable bonds is 2. The van der Waals surface area contributed by atoms with Crippen LogP contribution in [0.1, 0.15) is 25.3 Å². The molecule has 1 heterocycles. The highest BCUT2D eigenvalue weighted by Crippen LogP contribution is 2.24. The van der Waals surface area contributed by atoms with Crippen molar-refractivity contribution in [2.45, 2.75) is 37.6 Å². The molecule has 0 unspecified atom stereocenters. The first-order valence-corrected chi connectivity index (χ1v) is 7.23. The smallest absolute Gasteiger partial charge is 0.264 e. The van der Waals surface area contributed by atoms with Crippen LogP contribution in [0.3, 0.4) is 0 Å². The van der Waals surface area contributed by atoms with Crippen molar-refractivity contribution < 1.29 is 8.42 Å². The maximum absolute atomic E-state index is 12.4. The first kappa shape index (κ1) is 12.2. The average Bonchev–Trinajstić information content (AvgIpc) is 2.30. The summed E-state index contributed by atoms with van der Waals surface area (Å²) in [7, 11) is -3.38. The second-order valence-electron chi connectivity index (χ2n) is 4.46. The quantitative estimate of drug-likeness (QED) is 0.810. The number of allylic oxidation sites excluding steroid dienone is 1. The molecule has 0 amide bonds. The van der Waals surface area contributed by atoms with Crippen LogP contribution < -0.4 is 0 Å². The van der Waals surface area contributed by atoms with E-state index < -0.39 is 10.0 Å². The Morgan fingerprint density at radius 3 is 2.47 bits per heavy atom. The second-order valence-corrected chi connectivity index (χ2v) is 6.30. The minimum Gasteiger partial charge on any atom is -0.271 e. The van der Waals surface area contributed by atoms with Crippen molar-refractivity contribution in [1.82, 2.24) is 4.31 Å². The maximum Gasteiger partial charge on any atom is 0.264 e. The molecule has 0 radical (unpaired) electrons. The van der Waals surface area contributed by atoms with Gasteiger partial charge in [0.05, 0.1) is 4.90 Å². The van der Waals surface area contributed by atoms with Gasteiger partial charge in [0.1, 0.15) is 0 Å². The van der Waals surface area contributed by atoms with E-state index >= 15 is 0 Å². The number of aryl methyl sites for hydroxylation is 1. The molecule has 92 valence electrons. The molecule has 1 atom stereocenters. The minimum absolute atomic E-state index is 0.0336. The zero-order chi connectivity index (χ0) is 12.5. The summed E-state index contributed by atoms with van der Waals surface area (Å²) in [5.41, 5.74) is 1.06. The number of benzene rings is 1. The van der Waals surface area contributed by atoms with Crippen molar-refractivity contribution in [3.05, 3.63) is 42.1 Å². The highest BCUT2D eigenvalue weighted by molar-refractivity contribution is 7.89. The first-order chi connectivity index (χ1) is 8.01. The van der Waals surface area contributed by atoms with Crippen molar-refractivity contribution in [2.75, 3.05) is 0 Å². The average molecular weight is 251 g/mol. The van der Waals surface area contributed by atoms with Gasteiger partial charge in [-0.15, -0.1) is 0 Å². The number of sulfonamides is 1. The lowest BCUT2D eigenvalue weighted by molar-refractivity contribution is 0.386. The summed E-state index contributed by atoms with van der Waals surface area (Å²) < 4.78 is 26.2. The van der Waals surface area contributed by atoms with Crippen molar-refractivity contribution >= 4 is 10.0 Å². The highest BCUT2D eigenvalue weighted by atomic mass is 32.2. The van der Waals surface area contributed by atoms with Gasteiger partial charge in [-0.1, -0.05) is 23.8 Å². The van der Waals surface area contributed by atoms with Gasteiger partial charge in [-0.25, -0.2) is 8.42 Å². The summed E-state index contributed by atoms with van der Waals surface area (Å²) >= 11 is 0. The van der Waals surface area contributed by atoms with Crippen LogP contribution in [0.5, 0.6) is 0 Å². The second kappa shape index (κ2) is 4.53. The number of hydrogen-bond acceptors (Lipinski definition) is 2. The summed E-state index contributed by atoms with van der Waals surface area (Å²) in [6.07, 6.45) is 5.41. The molecular formula is C13H17NO2S. The van der Waals surface area contributed by atoms with Crippen LogP contribution in [0, 0.1) is 6.92 Å². The third-order valence-corrected chi connectivity index (χ3v) is 4.94. The molecule has 3 nitrogen and oxygen atoms in total. The van der Waals surface area contributed by atoms with Crippen LogP contribution in [0.25, 0.3) is 0 Å². The summed E-state index contributed by atoms with van der Waals surface area (Å²) in [4.78, 5) is 0.363. The van der Waals surface area contributed by atoms with Crippen LogP contribution in [0.4, 0.5) is 0 Å². The molecule has 1 aromatic rings. The summed E-state index contributed by atoms with van der Waals surface area (Å²) in [5.74, 6) is 0. The first-order valence-electron chi connectivity index (χ1n) is 5.78. The minimum atomic E-state index is -3.38. The van der Waals surface area contributed by atoms with Crippen LogP contribution in [0.15, 0.2) is 41.4 Å². The Labute approximate surface area is 103 Å². The Bertz CT molecular complexity index is 517. The molecule has 0 N–H and O–H groups in total. The zero-order valence-corrected chi connectivity index (χ0v) is 10.9. The van der Waals surface area contributed by atoms with E-state index in [0.29, 0.717) is 4.90 Å². The Hall–Kier alpha value is -1.29. The Balaban J connectivity index is 2.39. The lowest BCUT2D eigenvalue weighted by atomic mass is 10.1. The highest BCUT2D eigenvalue weighted by Gasteiger charge is 2.27. The van der Waals surface area contributed by atoms with Crippen LogP contribution >= 0.6 is 0 Å². The van der Waals surface area contributed by atoms with E-state index in [0.717, 1.165) is 18.4 Å². The standard InChI is InChI=1S/C13H17NO2S/c1-11-6-8-13(9-7-11)17(15,16)14-10-4-3-5-12(14)2/h4,6-10,12H,3,5H2,1-2H3/t12-/m0/s1. The fraction of sp³-hybridized carbons (Fsp3) is 0.385. The van der Waals surface area contributed by atoms with Gasteiger partial charge in [0.2, 0.25) is 0 Å². The molecule has 1 aromatic carbocycles. The third kappa shape index (κ3) is 2.36. The molecule has 0 aromatic heterocycles. The maximum atomic E-state index is 12.4.